The van der Waals surface area contributed by atoms with Gasteiger partial charge in [0.25, 0.3) is 5.91 Å². The second kappa shape index (κ2) is 8.87. The lowest BCUT2D eigenvalue weighted by Crippen LogP contribution is -2.36. The Morgan fingerprint density at radius 2 is 1.97 bits per heavy atom. The van der Waals surface area contributed by atoms with Crippen molar-refractivity contribution in [2.24, 2.45) is 0 Å². The summed E-state index contributed by atoms with van der Waals surface area (Å²) >= 11 is 1.36. The number of thiazole rings is 1. The highest BCUT2D eigenvalue weighted by Crippen LogP contribution is 2.29. The fraction of sp³-hybridized carbons (Fsp3) is 0.318. The lowest BCUT2D eigenvalue weighted by Gasteiger charge is -2.26. The minimum atomic E-state index is -3.33. The molecule has 0 spiro atoms. The third-order valence-corrected chi connectivity index (χ3v) is 8.48. The number of rotatable bonds is 6. The van der Waals surface area contributed by atoms with Crippen molar-refractivity contribution in [2.75, 3.05) is 11.9 Å². The fourth-order valence-corrected chi connectivity index (χ4v) is 5.46. The molecule has 2 amide bonds. The van der Waals surface area contributed by atoms with Gasteiger partial charge in [0.05, 0.1) is 40.6 Å². The molecule has 1 N–H and O–H groups in total. The lowest BCUT2D eigenvalue weighted by atomic mass is 10.1. The van der Waals surface area contributed by atoms with Gasteiger partial charge in [-0.15, -0.1) is 0 Å². The summed E-state index contributed by atoms with van der Waals surface area (Å²) in [5.74, 6) is -0.326. The molecule has 0 bridgehead atoms. The van der Waals surface area contributed by atoms with Gasteiger partial charge in [0.1, 0.15) is 6.26 Å². The third-order valence-electron chi connectivity index (χ3n) is 5.32. The highest BCUT2D eigenvalue weighted by atomic mass is 32.2. The number of benzene rings is 1. The van der Waals surface area contributed by atoms with Crippen molar-refractivity contribution in [3.8, 4) is 0 Å². The van der Waals surface area contributed by atoms with Crippen LogP contribution < -0.4 is 5.32 Å². The van der Waals surface area contributed by atoms with Crippen LogP contribution in [0.3, 0.4) is 0 Å². The van der Waals surface area contributed by atoms with E-state index in [1.165, 1.54) is 23.9 Å². The van der Waals surface area contributed by atoms with Crippen LogP contribution in [0.15, 0.2) is 52.2 Å². The Hall–Kier alpha value is -2.98. The van der Waals surface area contributed by atoms with Crippen LogP contribution in [0.1, 0.15) is 40.3 Å². The molecule has 32 heavy (non-hydrogen) atoms. The molecule has 0 atom stereocenters. The SMILES string of the molecule is CC(C)S(=O)(=O)c1ccc(CC(=O)N2CCc3nc(NC(=O)c4ccoc4)sc3C2)cc1. The number of amides is 2. The number of hydrogen-bond donors (Lipinski definition) is 1. The van der Waals surface area contributed by atoms with Crippen molar-refractivity contribution in [3.05, 3.63) is 64.6 Å². The fourth-order valence-electron chi connectivity index (χ4n) is 3.38. The highest BCUT2D eigenvalue weighted by Gasteiger charge is 2.25. The normalized spacial score (nSPS) is 13.8. The Morgan fingerprint density at radius 3 is 2.62 bits per heavy atom. The first-order chi connectivity index (χ1) is 15.2. The number of aromatic nitrogens is 1. The predicted molar refractivity (Wildman–Crippen MR) is 120 cm³/mol. The molecule has 1 aliphatic rings. The summed E-state index contributed by atoms with van der Waals surface area (Å²) in [6, 6.07) is 8.08. The first kappa shape index (κ1) is 22.2. The zero-order valence-electron chi connectivity index (χ0n) is 17.7. The van der Waals surface area contributed by atoms with E-state index in [1.807, 2.05) is 0 Å². The summed E-state index contributed by atoms with van der Waals surface area (Å²) in [6.45, 7) is 4.27. The maximum absolute atomic E-state index is 12.8. The van der Waals surface area contributed by atoms with E-state index in [4.69, 9.17) is 4.42 Å². The first-order valence-corrected chi connectivity index (χ1v) is 12.5. The van der Waals surface area contributed by atoms with E-state index in [1.54, 1.807) is 49.1 Å². The molecule has 8 nitrogen and oxygen atoms in total. The molecule has 0 unspecified atom stereocenters. The summed E-state index contributed by atoms with van der Waals surface area (Å²) in [4.78, 5) is 32.5. The molecule has 0 saturated carbocycles. The van der Waals surface area contributed by atoms with Crippen molar-refractivity contribution in [2.45, 2.75) is 43.4 Å². The average molecular weight is 474 g/mol. The minimum Gasteiger partial charge on any atom is -0.472 e. The molecule has 0 aliphatic carbocycles. The third kappa shape index (κ3) is 4.61. The summed E-state index contributed by atoms with van der Waals surface area (Å²) in [7, 11) is -3.33. The van der Waals surface area contributed by atoms with Crippen LogP contribution in [0.5, 0.6) is 0 Å². The molecule has 2 aromatic heterocycles. The van der Waals surface area contributed by atoms with Crippen molar-refractivity contribution >= 4 is 38.1 Å². The average Bonchev–Trinajstić information content (AvgIpc) is 3.43. The maximum atomic E-state index is 12.8. The van der Waals surface area contributed by atoms with Gasteiger partial charge in [0.2, 0.25) is 5.91 Å². The molecule has 3 heterocycles. The van der Waals surface area contributed by atoms with Crippen LogP contribution in [0.4, 0.5) is 5.13 Å². The van der Waals surface area contributed by atoms with Crippen LogP contribution >= 0.6 is 11.3 Å². The first-order valence-electron chi connectivity index (χ1n) is 10.2. The van der Waals surface area contributed by atoms with Gasteiger partial charge in [0, 0.05) is 17.8 Å². The molecule has 3 aromatic rings. The number of furan rings is 1. The Labute approximate surface area is 190 Å². The van der Waals surface area contributed by atoms with E-state index in [-0.39, 0.29) is 23.1 Å². The number of anilines is 1. The monoisotopic (exact) mass is 473 g/mol. The summed E-state index contributed by atoms with van der Waals surface area (Å²) in [6.07, 6.45) is 3.61. The lowest BCUT2D eigenvalue weighted by molar-refractivity contribution is -0.131. The van der Waals surface area contributed by atoms with Gasteiger partial charge in [-0.25, -0.2) is 13.4 Å². The summed E-state index contributed by atoms with van der Waals surface area (Å²) in [5.41, 5.74) is 2.08. The number of carbonyl (C=O) groups is 2. The van der Waals surface area contributed by atoms with Gasteiger partial charge >= 0.3 is 0 Å². The Balaban J connectivity index is 1.39. The van der Waals surface area contributed by atoms with Gasteiger partial charge in [-0.2, -0.15) is 0 Å². The quantitative estimate of drug-likeness (QED) is 0.588. The summed E-state index contributed by atoms with van der Waals surface area (Å²) < 4.78 is 29.4. The largest absolute Gasteiger partial charge is 0.472 e. The van der Waals surface area contributed by atoms with Crippen LogP contribution in [0, 0.1) is 0 Å². The Bertz CT molecular complexity index is 1230. The van der Waals surface area contributed by atoms with E-state index in [2.05, 4.69) is 10.3 Å². The van der Waals surface area contributed by atoms with Crippen LogP contribution in [0.25, 0.3) is 0 Å². The summed E-state index contributed by atoms with van der Waals surface area (Å²) in [5, 5.41) is 2.77. The molecule has 0 fully saturated rings. The molecule has 0 saturated heterocycles. The number of carbonyl (C=O) groups excluding carboxylic acids is 2. The molecular formula is C22H23N3O5S2. The molecule has 0 radical (unpaired) electrons. The predicted octanol–water partition coefficient (Wildman–Crippen LogP) is 3.30. The van der Waals surface area contributed by atoms with Crippen LogP contribution in [0.2, 0.25) is 0 Å². The van der Waals surface area contributed by atoms with Gasteiger partial charge in [-0.3, -0.25) is 14.9 Å². The number of hydrogen-bond acceptors (Lipinski definition) is 7. The molecule has 10 heteroatoms. The standard InChI is InChI=1S/C22H23N3O5S2/c1-14(2)32(28,29)17-5-3-15(4-6-17)11-20(26)25-9-7-18-19(12-25)31-22(23-18)24-21(27)16-8-10-30-13-16/h3-6,8,10,13-14H,7,9,11-12H2,1-2H3,(H,23,24,27). The number of nitrogens with zero attached hydrogens (tertiary/aromatic N) is 2. The molecule has 168 valence electrons. The van der Waals surface area contributed by atoms with E-state index in [9.17, 15) is 18.0 Å². The number of nitrogens with one attached hydrogen (secondary N) is 1. The second-order valence-electron chi connectivity index (χ2n) is 7.83. The zero-order chi connectivity index (χ0) is 22.9. The topological polar surface area (TPSA) is 110 Å². The van der Waals surface area contributed by atoms with Gasteiger partial charge in [-0.05, 0) is 37.6 Å². The van der Waals surface area contributed by atoms with Gasteiger partial charge in [-0.1, -0.05) is 23.5 Å². The van der Waals surface area contributed by atoms with E-state index < -0.39 is 15.1 Å². The number of sulfone groups is 1. The highest BCUT2D eigenvalue weighted by molar-refractivity contribution is 7.92. The zero-order valence-corrected chi connectivity index (χ0v) is 19.3. The molecular weight excluding hydrogens is 450 g/mol. The van der Waals surface area contributed by atoms with Crippen molar-refractivity contribution < 1.29 is 22.4 Å². The second-order valence-corrected chi connectivity index (χ2v) is 11.4. The molecule has 1 aliphatic heterocycles. The smallest absolute Gasteiger partial charge is 0.260 e. The van der Waals surface area contributed by atoms with Crippen molar-refractivity contribution in [3.63, 3.8) is 0 Å². The van der Waals surface area contributed by atoms with E-state index in [0.717, 1.165) is 16.1 Å². The van der Waals surface area contributed by atoms with Crippen LogP contribution in [-0.4, -0.2) is 41.9 Å². The van der Waals surface area contributed by atoms with E-state index >= 15 is 0 Å². The van der Waals surface area contributed by atoms with E-state index in [0.29, 0.717) is 30.2 Å². The van der Waals surface area contributed by atoms with Gasteiger partial charge < -0.3 is 9.32 Å². The molecule has 4 rings (SSSR count). The van der Waals surface area contributed by atoms with Crippen molar-refractivity contribution in [1.29, 1.82) is 0 Å². The minimum absolute atomic E-state index is 0.0347. The maximum Gasteiger partial charge on any atom is 0.260 e. The van der Waals surface area contributed by atoms with Crippen molar-refractivity contribution in [1.82, 2.24) is 9.88 Å². The number of fused-ring (bicyclic) bond motifs is 1. The van der Waals surface area contributed by atoms with Gasteiger partial charge in [0.15, 0.2) is 15.0 Å². The van der Waals surface area contributed by atoms with Crippen LogP contribution in [-0.2, 0) is 34.0 Å². The Morgan fingerprint density at radius 1 is 1.22 bits per heavy atom. The Kier molecular flexibility index (Phi) is 6.16. The molecule has 1 aromatic carbocycles.